The van der Waals surface area contributed by atoms with Gasteiger partial charge in [0.05, 0.1) is 17.1 Å². The van der Waals surface area contributed by atoms with Gasteiger partial charge in [-0.05, 0) is 37.5 Å². The standard InChI is InChI=1S/C19H21N3O3S/c1-11(2)14-7-5-6-8-16(14)20-17(23)13(4)26-19-22-21-18(25-19)15-9-10-24-12(15)3/h5-11,13H,1-4H3,(H,20,23)/t13-/m0/s1. The average molecular weight is 371 g/mol. The van der Waals surface area contributed by atoms with Crippen LogP contribution in [0, 0.1) is 6.92 Å². The summed E-state index contributed by atoms with van der Waals surface area (Å²) >= 11 is 1.23. The molecule has 1 amide bonds. The fourth-order valence-corrected chi connectivity index (χ4v) is 3.21. The molecule has 0 unspecified atom stereocenters. The van der Waals surface area contributed by atoms with Gasteiger partial charge in [0.15, 0.2) is 0 Å². The number of hydrogen-bond donors (Lipinski definition) is 1. The number of nitrogens with zero attached hydrogens (tertiary/aromatic N) is 2. The largest absolute Gasteiger partial charge is 0.469 e. The van der Waals surface area contributed by atoms with E-state index in [-0.39, 0.29) is 11.2 Å². The van der Waals surface area contributed by atoms with Gasteiger partial charge >= 0.3 is 0 Å². The van der Waals surface area contributed by atoms with E-state index in [0.717, 1.165) is 16.8 Å². The van der Waals surface area contributed by atoms with Gasteiger partial charge in [0.1, 0.15) is 5.76 Å². The molecule has 0 saturated heterocycles. The highest BCUT2D eigenvalue weighted by molar-refractivity contribution is 8.00. The van der Waals surface area contributed by atoms with Crippen LogP contribution in [0.15, 0.2) is 50.7 Å². The maximum Gasteiger partial charge on any atom is 0.277 e. The van der Waals surface area contributed by atoms with Gasteiger partial charge < -0.3 is 14.2 Å². The molecule has 3 aromatic rings. The van der Waals surface area contributed by atoms with E-state index in [1.165, 1.54) is 11.8 Å². The molecule has 1 atom stereocenters. The van der Waals surface area contributed by atoms with Gasteiger partial charge in [-0.25, -0.2) is 0 Å². The van der Waals surface area contributed by atoms with E-state index in [2.05, 4.69) is 29.4 Å². The van der Waals surface area contributed by atoms with Gasteiger partial charge in [-0.3, -0.25) is 4.79 Å². The molecule has 1 N–H and O–H groups in total. The Hall–Kier alpha value is -2.54. The Morgan fingerprint density at radius 3 is 2.62 bits per heavy atom. The lowest BCUT2D eigenvalue weighted by molar-refractivity contribution is -0.115. The first-order chi connectivity index (χ1) is 12.5. The molecule has 3 rings (SSSR count). The van der Waals surface area contributed by atoms with Crippen molar-refractivity contribution in [2.75, 3.05) is 5.32 Å². The van der Waals surface area contributed by atoms with Crippen LogP contribution < -0.4 is 5.32 Å². The number of carbonyl (C=O) groups excluding carboxylic acids is 1. The number of aromatic nitrogens is 2. The fraction of sp³-hybridized carbons (Fsp3) is 0.316. The summed E-state index contributed by atoms with van der Waals surface area (Å²) in [6.45, 7) is 7.83. The zero-order chi connectivity index (χ0) is 18.7. The zero-order valence-corrected chi connectivity index (χ0v) is 16.0. The van der Waals surface area contributed by atoms with E-state index in [1.54, 1.807) is 12.3 Å². The molecule has 7 heteroatoms. The van der Waals surface area contributed by atoms with Crippen LogP contribution in [-0.4, -0.2) is 21.4 Å². The Morgan fingerprint density at radius 1 is 1.15 bits per heavy atom. The lowest BCUT2D eigenvalue weighted by atomic mass is 10.0. The Balaban J connectivity index is 1.67. The Bertz CT molecular complexity index is 901. The molecule has 2 aromatic heterocycles. The maximum atomic E-state index is 12.5. The lowest BCUT2D eigenvalue weighted by Gasteiger charge is -2.15. The third-order valence-corrected chi connectivity index (χ3v) is 4.92. The summed E-state index contributed by atoms with van der Waals surface area (Å²) in [6.07, 6.45) is 1.57. The monoisotopic (exact) mass is 371 g/mol. The number of thioether (sulfide) groups is 1. The van der Waals surface area contributed by atoms with Crippen LogP contribution in [-0.2, 0) is 4.79 Å². The molecule has 2 heterocycles. The van der Waals surface area contributed by atoms with Crippen molar-refractivity contribution in [3.8, 4) is 11.5 Å². The molecule has 0 bridgehead atoms. The van der Waals surface area contributed by atoms with Gasteiger partial charge in [0.25, 0.3) is 11.1 Å². The van der Waals surface area contributed by atoms with E-state index >= 15 is 0 Å². The van der Waals surface area contributed by atoms with Gasteiger partial charge in [0.2, 0.25) is 5.91 Å². The quantitative estimate of drug-likeness (QED) is 0.622. The second-order valence-corrected chi connectivity index (χ2v) is 7.55. The minimum atomic E-state index is -0.381. The van der Waals surface area contributed by atoms with Crippen LogP contribution in [0.5, 0.6) is 0 Å². The first-order valence-corrected chi connectivity index (χ1v) is 9.28. The number of amides is 1. The number of aryl methyl sites for hydroxylation is 1. The first kappa shape index (κ1) is 18.3. The normalized spacial score (nSPS) is 12.3. The number of para-hydroxylation sites is 1. The van der Waals surface area contributed by atoms with Gasteiger partial charge in [-0.1, -0.05) is 43.8 Å². The highest BCUT2D eigenvalue weighted by Gasteiger charge is 2.21. The summed E-state index contributed by atoms with van der Waals surface area (Å²) in [7, 11) is 0. The molecule has 0 aliphatic rings. The van der Waals surface area contributed by atoms with Crippen molar-refractivity contribution in [1.82, 2.24) is 10.2 Å². The van der Waals surface area contributed by atoms with Crippen molar-refractivity contribution in [3.05, 3.63) is 47.9 Å². The van der Waals surface area contributed by atoms with Gasteiger partial charge in [0, 0.05) is 5.69 Å². The molecule has 0 saturated carbocycles. The van der Waals surface area contributed by atoms with Crippen molar-refractivity contribution in [2.45, 2.75) is 44.1 Å². The molecule has 136 valence electrons. The van der Waals surface area contributed by atoms with Crippen LogP contribution in [0.2, 0.25) is 0 Å². The molecule has 0 aliphatic carbocycles. The molecule has 0 radical (unpaired) electrons. The van der Waals surface area contributed by atoms with Crippen molar-refractivity contribution in [3.63, 3.8) is 0 Å². The van der Waals surface area contributed by atoms with Crippen molar-refractivity contribution < 1.29 is 13.6 Å². The predicted molar refractivity (Wildman–Crippen MR) is 101 cm³/mol. The van der Waals surface area contributed by atoms with Gasteiger partial charge in [-0.2, -0.15) is 0 Å². The lowest BCUT2D eigenvalue weighted by Crippen LogP contribution is -2.23. The Kier molecular flexibility index (Phi) is 5.46. The molecular weight excluding hydrogens is 350 g/mol. The van der Waals surface area contributed by atoms with E-state index in [1.807, 2.05) is 38.1 Å². The smallest absolute Gasteiger partial charge is 0.277 e. The number of hydrogen-bond acceptors (Lipinski definition) is 6. The van der Waals surface area contributed by atoms with E-state index < -0.39 is 0 Å². The van der Waals surface area contributed by atoms with Gasteiger partial charge in [-0.15, -0.1) is 10.2 Å². The van der Waals surface area contributed by atoms with Crippen molar-refractivity contribution in [2.24, 2.45) is 0 Å². The molecule has 0 fully saturated rings. The highest BCUT2D eigenvalue weighted by atomic mass is 32.2. The number of rotatable bonds is 6. The summed E-state index contributed by atoms with van der Waals surface area (Å²) in [5.41, 5.74) is 2.70. The topological polar surface area (TPSA) is 81.2 Å². The van der Waals surface area contributed by atoms with Crippen LogP contribution in [0.1, 0.15) is 38.0 Å². The molecule has 6 nitrogen and oxygen atoms in total. The summed E-state index contributed by atoms with van der Waals surface area (Å²) in [6, 6.07) is 9.60. The van der Waals surface area contributed by atoms with Crippen molar-refractivity contribution in [1.29, 1.82) is 0 Å². The first-order valence-electron chi connectivity index (χ1n) is 8.40. The van der Waals surface area contributed by atoms with E-state index in [9.17, 15) is 4.79 Å². The number of furan rings is 1. The number of benzene rings is 1. The highest BCUT2D eigenvalue weighted by Crippen LogP contribution is 2.29. The number of anilines is 1. The minimum Gasteiger partial charge on any atom is -0.469 e. The fourth-order valence-electron chi connectivity index (χ4n) is 2.53. The zero-order valence-electron chi connectivity index (χ0n) is 15.1. The number of carbonyl (C=O) groups is 1. The summed E-state index contributed by atoms with van der Waals surface area (Å²) < 4.78 is 10.9. The van der Waals surface area contributed by atoms with Crippen LogP contribution in [0.3, 0.4) is 0 Å². The third-order valence-electron chi connectivity index (χ3n) is 3.98. The summed E-state index contributed by atoms with van der Waals surface area (Å²) in [4.78, 5) is 12.5. The van der Waals surface area contributed by atoms with E-state index in [4.69, 9.17) is 8.83 Å². The predicted octanol–water partition coefficient (Wildman–Crippen LogP) is 4.88. The van der Waals surface area contributed by atoms with E-state index in [0.29, 0.717) is 22.8 Å². The number of nitrogens with one attached hydrogen (secondary N) is 1. The summed E-state index contributed by atoms with van der Waals surface area (Å²) in [5, 5.41) is 11.0. The second kappa shape index (κ2) is 7.78. The molecular formula is C19H21N3O3S. The minimum absolute atomic E-state index is 0.109. The molecule has 1 aromatic carbocycles. The molecule has 0 aliphatic heterocycles. The molecule has 0 spiro atoms. The SMILES string of the molecule is Cc1occc1-c1nnc(S[C@@H](C)C(=O)Nc2ccccc2C(C)C)o1. The second-order valence-electron chi connectivity index (χ2n) is 6.25. The Morgan fingerprint density at radius 2 is 1.92 bits per heavy atom. The Labute approximate surface area is 156 Å². The van der Waals surface area contributed by atoms with Crippen LogP contribution in [0.25, 0.3) is 11.5 Å². The maximum absolute atomic E-state index is 12.5. The van der Waals surface area contributed by atoms with Crippen molar-refractivity contribution >= 4 is 23.4 Å². The third kappa shape index (κ3) is 3.99. The molecule has 26 heavy (non-hydrogen) atoms. The van der Waals surface area contributed by atoms with Crippen LogP contribution >= 0.6 is 11.8 Å². The van der Waals surface area contributed by atoms with Crippen LogP contribution in [0.4, 0.5) is 5.69 Å². The summed E-state index contributed by atoms with van der Waals surface area (Å²) in [5.74, 6) is 1.31. The average Bonchev–Trinajstić information content (AvgIpc) is 3.23.